The molecule has 1 heterocycles. The number of hydrogen-bond acceptors (Lipinski definition) is 1. The van der Waals surface area contributed by atoms with Crippen molar-refractivity contribution in [2.75, 3.05) is 0 Å². The lowest BCUT2D eigenvalue weighted by Gasteiger charge is -2.44. The first kappa shape index (κ1) is 15.2. The Balaban J connectivity index is 1.85. The summed E-state index contributed by atoms with van der Waals surface area (Å²) in [5.74, 6) is 4.30. The van der Waals surface area contributed by atoms with Gasteiger partial charge in [-0.2, -0.15) is 0 Å². The van der Waals surface area contributed by atoms with Crippen molar-refractivity contribution in [2.24, 2.45) is 11.8 Å². The predicted molar refractivity (Wildman–Crippen MR) is 86.3 cm³/mol. The van der Waals surface area contributed by atoms with Crippen molar-refractivity contribution in [1.29, 1.82) is 0 Å². The fourth-order valence-corrected chi connectivity index (χ4v) is 4.00. The van der Waals surface area contributed by atoms with E-state index in [0.717, 1.165) is 30.7 Å². The van der Waals surface area contributed by atoms with Crippen molar-refractivity contribution < 1.29 is 0 Å². The van der Waals surface area contributed by atoms with Gasteiger partial charge in [0.05, 0.1) is 0 Å². The standard InChI is InChI=1S/C19H27N/c1-3-5-7-10-16-11-9-13-19-18(16)15-14-17(20-19)12-8-6-4-2/h1,5-7,16-20H,2,8-15H2/b7-5-/t16-,17+,18+,19-/m1/s1. The van der Waals surface area contributed by atoms with Crippen molar-refractivity contribution in [3.8, 4) is 12.3 Å². The molecule has 0 unspecified atom stereocenters. The number of fused-ring (bicyclic) bond motifs is 1. The molecule has 0 aromatic rings. The molecular weight excluding hydrogens is 242 g/mol. The van der Waals surface area contributed by atoms with Gasteiger partial charge in [0.15, 0.2) is 0 Å². The maximum atomic E-state index is 5.29. The first-order chi connectivity index (χ1) is 9.85. The number of rotatable bonds is 5. The number of terminal acetylenes is 1. The monoisotopic (exact) mass is 269 g/mol. The smallest absolute Gasteiger partial charge is 0.0101 e. The van der Waals surface area contributed by atoms with Crippen molar-refractivity contribution >= 4 is 0 Å². The molecule has 1 heteroatoms. The van der Waals surface area contributed by atoms with Crippen LogP contribution in [0.2, 0.25) is 0 Å². The van der Waals surface area contributed by atoms with Crippen LogP contribution < -0.4 is 5.32 Å². The molecule has 108 valence electrons. The van der Waals surface area contributed by atoms with Crippen LogP contribution in [0.4, 0.5) is 0 Å². The highest BCUT2D eigenvalue weighted by atomic mass is 15.0. The molecule has 0 bridgehead atoms. The molecule has 0 aromatic carbocycles. The van der Waals surface area contributed by atoms with Crippen molar-refractivity contribution in [3.05, 3.63) is 30.5 Å². The summed E-state index contributed by atoms with van der Waals surface area (Å²) in [7, 11) is 0. The molecule has 0 radical (unpaired) electrons. The second-order valence-electron chi connectivity index (χ2n) is 6.19. The van der Waals surface area contributed by atoms with Crippen LogP contribution in [-0.2, 0) is 0 Å². The van der Waals surface area contributed by atoms with Gasteiger partial charge in [-0.05, 0) is 68.9 Å². The average molecular weight is 269 g/mol. The number of hydrogen-bond donors (Lipinski definition) is 1. The van der Waals surface area contributed by atoms with E-state index in [2.05, 4.69) is 35.7 Å². The number of nitrogens with one attached hydrogen (secondary N) is 1. The molecule has 1 aliphatic heterocycles. The quantitative estimate of drug-likeness (QED) is 0.582. The van der Waals surface area contributed by atoms with Gasteiger partial charge in [0.25, 0.3) is 0 Å². The zero-order chi connectivity index (χ0) is 14.2. The van der Waals surface area contributed by atoms with Crippen LogP contribution in [0.5, 0.6) is 0 Å². The van der Waals surface area contributed by atoms with E-state index in [-0.39, 0.29) is 0 Å². The lowest BCUT2D eigenvalue weighted by molar-refractivity contribution is 0.114. The Labute approximate surface area is 124 Å². The highest BCUT2D eigenvalue weighted by Crippen LogP contribution is 2.39. The molecule has 2 fully saturated rings. The molecule has 1 nitrogen and oxygen atoms in total. The summed E-state index contributed by atoms with van der Waals surface area (Å²) < 4.78 is 0. The molecule has 1 N–H and O–H groups in total. The molecule has 1 saturated carbocycles. The minimum Gasteiger partial charge on any atom is -0.311 e. The summed E-state index contributed by atoms with van der Waals surface area (Å²) in [5.41, 5.74) is 2.87. The third-order valence-electron chi connectivity index (χ3n) is 4.97. The largest absolute Gasteiger partial charge is 0.311 e. The van der Waals surface area contributed by atoms with Gasteiger partial charge in [-0.1, -0.05) is 25.0 Å². The second-order valence-corrected chi connectivity index (χ2v) is 6.19. The number of piperidine rings is 1. The van der Waals surface area contributed by atoms with Gasteiger partial charge < -0.3 is 5.32 Å². The van der Waals surface area contributed by atoms with Crippen LogP contribution in [0, 0.1) is 24.2 Å². The van der Waals surface area contributed by atoms with Gasteiger partial charge >= 0.3 is 0 Å². The Kier molecular flexibility index (Phi) is 6.19. The zero-order valence-corrected chi connectivity index (χ0v) is 12.5. The van der Waals surface area contributed by atoms with E-state index in [1.165, 1.54) is 38.5 Å². The Morgan fingerprint density at radius 1 is 1.25 bits per heavy atom. The Bertz CT molecular complexity index is 408. The Morgan fingerprint density at radius 3 is 2.95 bits per heavy atom. The van der Waals surface area contributed by atoms with E-state index in [0.29, 0.717) is 6.04 Å². The van der Waals surface area contributed by atoms with E-state index in [9.17, 15) is 0 Å². The van der Waals surface area contributed by atoms with Crippen LogP contribution in [0.1, 0.15) is 51.4 Å². The van der Waals surface area contributed by atoms with E-state index in [1.54, 1.807) is 0 Å². The third-order valence-corrected chi connectivity index (χ3v) is 4.97. The molecule has 2 rings (SSSR count). The predicted octanol–water partition coefficient (Wildman–Crippen LogP) is 4.22. The van der Waals surface area contributed by atoms with E-state index in [1.807, 2.05) is 6.08 Å². The van der Waals surface area contributed by atoms with Crippen LogP contribution in [0.15, 0.2) is 30.5 Å². The van der Waals surface area contributed by atoms with Gasteiger partial charge in [0, 0.05) is 12.1 Å². The summed E-state index contributed by atoms with van der Waals surface area (Å²) >= 11 is 0. The summed E-state index contributed by atoms with van der Waals surface area (Å²) in [5, 5.41) is 3.90. The van der Waals surface area contributed by atoms with Gasteiger partial charge in [0.1, 0.15) is 0 Å². The molecule has 4 atom stereocenters. The van der Waals surface area contributed by atoms with Gasteiger partial charge in [-0.3, -0.25) is 0 Å². The fourth-order valence-electron chi connectivity index (χ4n) is 4.00. The lowest BCUT2D eigenvalue weighted by Crippen LogP contribution is -2.51. The van der Waals surface area contributed by atoms with Crippen molar-refractivity contribution in [1.82, 2.24) is 5.32 Å². The minimum atomic E-state index is 0.695. The highest BCUT2D eigenvalue weighted by molar-refractivity contribution is 5.09. The first-order valence-electron chi connectivity index (χ1n) is 8.06. The van der Waals surface area contributed by atoms with Crippen LogP contribution in [0.25, 0.3) is 0 Å². The SMILES string of the molecule is C#C/C=C\C[C@@H]1CCC[C@H]2N[C@@H](CCC=C=C)CC[C@@H]12. The van der Waals surface area contributed by atoms with Crippen molar-refractivity contribution in [3.63, 3.8) is 0 Å². The lowest BCUT2D eigenvalue weighted by atomic mass is 9.69. The minimum absolute atomic E-state index is 0.695. The molecule has 20 heavy (non-hydrogen) atoms. The molecular formula is C19H27N. The van der Waals surface area contributed by atoms with Gasteiger partial charge in [-0.15, -0.1) is 12.2 Å². The molecule has 2 aliphatic rings. The normalized spacial score (nSPS) is 33.1. The van der Waals surface area contributed by atoms with E-state index in [4.69, 9.17) is 6.42 Å². The van der Waals surface area contributed by atoms with Gasteiger partial charge in [-0.25, -0.2) is 0 Å². The Morgan fingerprint density at radius 2 is 2.15 bits per heavy atom. The van der Waals surface area contributed by atoms with Crippen LogP contribution in [-0.4, -0.2) is 12.1 Å². The maximum Gasteiger partial charge on any atom is 0.0101 e. The summed E-state index contributed by atoms with van der Waals surface area (Å²) in [6.07, 6.45) is 21.7. The molecule has 0 aromatic heterocycles. The van der Waals surface area contributed by atoms with Crippen LogP contribution in [0.3, 0.4) is 0 Å². The van der Waals surface area contributed by atoms with E-state index < -0.39 is 0 Å². The molecule has 0 spiro atoms. The average Bonchev–Trinajstić information content (AvgIpc) is 2.48. The summed E-state index contributed by atoms with van der Waals surface area (Å²) in [6.45, 7) is 3.63. The zero-order valence-electron chi connectivity index (χ0n) is 12.5. The summed E-state index contributed by atoms with van der Waals surface area (Å²) in [4.78, 5) is 0. The third kappa shape index (κ3) is 4.14. The first-order valence-corrected chi connectivity index (χ1v) is 8.06. The fraction of sp³-hybridized carbons (Fsp3) is 0.632. The van der Waals surface area contributed by atoms with Crippen LogP contribution >= 0.6 is 0 Å². The topological polar surface area (TPSA) is 12.0 Å². The van der Waals surface area contributed by atoms with Crippen molar-refractivity contribution in [2.45, 2.75) is 63.5 Å². The molecule has 1 saturated heterocycles. The summed E-state index contributed by atoms with van der Waals surface area (Å²) in [6, 6.07) is 1.43. The maximum absolute atomic E-state index is 5.29. The van der Waals surface area contributed by atoms with E-state index >= 15 is 0 Å². The van der Waals surface area contributed by atoms with Gasteiger partial charge in [0.2, 0.25) is 0 Å². The molecule has 1 aliphatic carbocycles. The number of allylic oxidation sites excluding steroid dienone is 3. The highest BCUT2D eigenvalue weighted by Gasteiger charge is 2.36. The molecule has 0 amide bonds. The second kappa shape index (κ2) is 8.15. The Hall–Kier alpha value is -1.22.